The Morgan fingerprint density at radius 1 is 1.20 bits per heavy atom. The van der Waals surface area contributed by atoms with Gasteiger partial charge in [-0.2, -0.15) is 0 Å². The van der Waals surface area contributed by atoms with Gasteiger partial charge in [-0.15, -0.1) is 0 Å². The van der Waals surface area contributed by atoms with E-state index in [2.05, 4.69) is 20.8 Å². The van der Waals surface area contributed by atoms with Gasteiger partial charge in [0.05, 0.1) is 5.41 Å². The van der Waals surface area contributed by atoms with Crippen molar-refractivity contribution in [3.63, 3.8) is 0 Å². The molecule has 1 aliphatic heterocycles. The molecule has 2 aliphatic carbocycles. The van der Waals surface area contributed by atoms with Crippen LogP contribution in [-0.4, -0.2) is 37.4 Å². The van der Waals surface area contributed by atoms with Crippen molar-refractivity contribution in [2.45, 2.75) is 105 Å². The maximum atomic E-state index is 13.9. The van der Waals surface area contributed by atoms with E-state index in [4.69, 9.17) is 14.2 Å². The quantitative estimate of drug-likeness (QED) is 0.390. The number of fused-ring (bicyclic) bond motifs is 1. The molecule has 5 heteroatoms. The molecule has 0 bridgehead atoms. The molecule has 2 fully saturated rings. The Labute approximate surface area is 181 Å². The average Bonchev–Trinajstić information content (AvgIpc) is 3.06. The van der Waals surface area contributed by atoms with Gasteiger partial charge in [-0.1, -0.05) is 26.3 Å². The Hall–Kier alpha value is -1.20. The van der Waals surface area contributed by atoms with Gasteiger partial charge in [0.15, 0.2) is 12.1 Å². The van der Waals surface area contributed by atoms with E-state index in [0.717, 1.165) is 63.5 Å². The van der Waals surface area contributed by atoms with Crippen LogP contribution in [0.3, 0.4) is 0 Å². The highest BCUT2D eigenvalue weighted by atomic mass is 16.7. The summed E-state index contributed by atoms with van der Waals surface area (Å²) in [7, 11) is 0. The van der Waals surface area contributed by atoms with Gasteiger partial charge in [-0.25, -0.2) is 0 Å². The van der Waals surface area contributed by atoms with Crippen LogP contribution in [0.25, 0.3) is 0 Å². The summed E-state index contributed by atoms with van der Waals surface area (Å²) in [5.41, 5.74) is 1.67. The standard InChI is InChI=1S/C25H40O5/c1-17(2)19-11-12-24(4)13-14-25(5,23(27)22(19)24)20(30-18(3)26)9-8-16-29-21-10-6-7-15-28-21/h17,20-21H,6-16H2,1-5H3/t20?,21?,24-,25-/m1/s1. The van der Waals surface area contributed by atoms with Crippen LogP contribution in [-0.2, 0) is 23.8 Å². The number of hydrogen-bond donors (Lipinski definition) is 0. The third-order valence-electron chi connectivity index (χ3n) is 7.58. The van der Waals surface area contributed by atoms with Crippen molar-refractivity contribution in [2.75, 3.05) is 13.2 Å². The van der Waals surface area contributed by atoms with Crippen LogP contribution >= 0.6 is 0 Å². The Balaban J connectivity index is 1.71. The molecule has 1 saturated heterocycles. The number of carbonyl (C=O) groups excluding carboxylic acids is 2. The molecule has 170 valence electrons. The van der Waals surface area contributed by atoms with Crippen LogP contribution in [0, 0.1) is 16.7 Å². The molecule has 3 rings (SSSR count). The van der Waals surface area contributed by atoms with Crippen LogP contribution in [0.4, 0.5) is 0 Å². The van der Waals surface area contributed by atoms with Crippen LogP contribution in [0.5, 0.6) is 0 Å². The first-order valence-corrected chi connectivity index (χ1v) is 11.9. The predicted molar refractivity (Wildman–Crippen MR) is 116 cm³/mol. The molecular weight excluding hydrogens is 380 g/mol. The lowest BCUT2D eigenvalue weighted by molar-refractivity contribution is -0.168. The van der Waals surface area contributed by atoms with E-state index >= 15 is 0 Å². The summed E-state index contributed by atoms with van der Waals surface area (Å²) < 4.78 is 17.3. The van der Waals surface area contributed by atoms with Crippen molar-refractivity contribution in [1.29, 1.82) is 0 Å². The molecule has 2 unspecified atom stereocenters. The van der Waals surface area contributed by atoms with Gasteiger partial charge in [0.1, 0.15) is 6.10 Å². The monoisotopic (exact) mass is 420 g/mol. The number of carbonyl (C=O) groups is 2. The normalized spacial score (nSPS) is 33.0. The SMILES string of the molecule is CC(=O)OC(CCCOC1CCCCO1)[C@@]1(C)CC[C@@]2(C)CCC(C(C)C)=C2C1=O. The number of allylic oxidation sites excluding steroid dienone is 2. The molecule has 0 N–H and O–H groups in total. The third-order valence-corrected chi connectivity index (χ3v) is 7.58. The number of ketones is 1. The summed E-state index contributed by atoms with van der Waals surface area (Å²) in [6.07, 6.45) is 7.84. The van der Waals surface area contributed by atoms with Crippen molar-refractivity contribution < 1.29 is 23.8 Å². The number of esters is 1. The van der Waals surface area contributed by atoms with Gasteiger partial charge < -0.3 is 14.2 Å². The first-order chi connectivity index (χ1) is 14.2. The summed E-state index contributed by atoms with van der Waals surface area (Å²) in [5.74, 6) is 0.271. The number of ether oxygens (including phenoxy) is 3. The average molecular weight is 421 g/mol. The molecule has 0 aromatic carbocycles. The van der Waals surface area contributed by atoms with Gasteiger partial charge in [-0.05, 0) is 76.0 Å². The Morgan fingerprint density at radius 2 is 1.97 bits per heavy atom. The molecular formula is C25H40O5. The van der Waals surface area contributed by atoms with E-state index < -0.39 is 11.5 Å². The Kier molecular flexibility index (Phi) is 7.44. The molecule has 30 heavy (non-hydrogen) atoms. The topological polar surface area (TPSA) is 61.8 Å². The van der Waals surface area contributed by atoms with E-state index in [1.807, 2.05) is 6.92 Å². The molecule has 5 nitrogen and oxygen atoms in total. The molecule has 0 aromatic heterocycles. The first kappa shape index (κ1) is 23.5. The van der Waals surface area contributed by atoms with Crippen LogP contribution in [0.2, 0.25) is 0 Å². The minimum atomic E-state index is -0.660. The highest BCUT2D eigenvalue weighted by molar-refractivity contribution is 6.03. The van der Waals surface area contributed by atoms with Gasteiger partial charge in [0.25, 0.3) is 0 Å². The molecule has 0 spiro atoms. The fourth-order valence-electron chi connectivity index (χ4n) is 5.57. The Morgan fingerprint density at radius 3 is 2.60 bits per heavy atom. The zero-order valence-electron chi connectivity index (χ0n) is 19.6. The van der Waals surface area contributed by atoms with Crippen LogP contribution < -0.4 is 0 Å². The summed E-state index contributed by atoms with van der Waals surface area (Å²) in [4.78, 5) is 25.7. The largest absolute Gasteiger partial charge is 0.461 e. The number of Topliss-reactive ketones (excluding diaryl/α,β-unsaturated/α-hetero) is 1. The first-order valence-electron chi connectivity index (χ1n) is 11.9. The lowest BCUT2D eigenvalue weighted by Gasteiger charge is -2.45. The van der Waals surface area contributed by atoms with E-state index in [0.29, 0.717) is 18.9 Å². The fraction of sp³-hybridized carbons (Fsp3) is 0.840. The van der Waals surface area contributed by atoms with Crippen molar-refractivity contribution in [2.24, 2.45) is 16.7 Å². The maximum absolute atomic E-state index is 13.9. The lowest BCUT2D eigenvalue weighted by atomic mass is 9.59. The van der Waals surface area contributed by atoms with E-state index in [1.54, 1.807) is 0 Å². The van der Waals surface area contributed by atoms with Gasteiger partial charge >= 0.3 is 5.97 Å². The van der Waals surface area contributed by atoms with Gasteiger partial charge in [-0.3, -0.25) is 9.59 Å². The molecule has 3 aliphatic rings. The summed E-state index contributed by atoms with van der Waals surface area (Å²) >= 11 is 0. The molecule has 0 amide bonds. The molecule has 0 radical (unpaired) electrons. The zero-order valence-corrected chi connectivity index (χ0v) is 19.6. The predicted octanol–water partition coefficient (Wildman–Crippen LogP) is 5.36. The number of hydrogen-bond acceptors (Lipinski definition) is 5. The van der Waals surface area contributed by atoms with E-state index in [9.17, 15) is 9.59 Å². The summed E-state index contributed by atoms with van der Waals surface area (Å²) in [6, 6.07) is 0. The van der Waals surface area contributed by atoms with E-state index in [-0.39, 0.29) is 23.5 Å². The highest BCUT2D eigenvalue weighted by Gasteiger charge is 2.55. The lowest BCUT2D eigenvalue weighted by Crippen LogP contribution is -2.49. The van der Waals surface area contributed by atoms with Crippen molar-refractivity contribution in [3.05, 3.63) is 11.1 Å². The Bertz CT molecular complexity index is 675. The molecule has 1 heterocycles. The smallest absolute Gasteiger partial charge is 0.302 e. The highest BCUT2D eigenvalue weighted by Crippen LogP contribution is 2.57. The molecule has 4 atom stereocenters. The van der Waals surface area contributed by atoms with Gasteiger partial charge in [0, 0.05) is 25.7 Å². The van der Waals surface area contributed by atoms with Crippen molar-refractivity contribution >= 4 is 11.8 Å². The van der Waals surface area contributed by atoms with Gasteiger partial charge in [0.2, 0.25) is 0 Å². The maximum Gasteiger partial charge on any atom is 0.302 e. The number of rotatable bonds is 8. The van der Waals surface area contributed by atoms with E-state index in [1.165, 1.54) is 12.5 Å². The summed E-state index contributed by atoms with van der Waals surface area (Å²) in [5, 5.41) is 0. The summed E-state index contributed by atoms with van der Waals surface area (Å²) in [6.45, 7) is 11.4. The molecule has 0 aromatic rings. The minimum absolute atomic E-state index is 0.0155. The van der Waals surface area contributed by atoms with Crippen LogP contribution in [0.15, 0.2) is 11.1 Å². The zero-order chi connectivity index (χ0) is 21.9. The fourth-order valence-corrected chi connectivity index (χ4v) is 5.57. The van der Waals surface area contributed by atoms with Crippen LogP contribution in [0.1, 0.15) is 92.4 Å². The second kappa shape index (κ2) is 9.52. The second-order valence-corrected chi connectivity index (χ2v) is 10.3. The second-order valence-electron chi connectivity index (χ2n) is 10.3. The minimum Gasteiger partial charge on any atom is -0.461 e. The van der Waals surface area contributed by atoms with Crippen molar-refractivity contribution in [3.8, 4) is 0 Å². The third kappa shape index (κ3) is 4.83. The van der Waals surface area contributed by atoms with Crippen molar-refractivity contribution in [1.82, 2.24) is 0 Å². The molecule has 1 saturated carbocycles.